The molecule has 1 saturated carbocycles. The Bertz CT molecular complexity index is 432. The minimum atomic E-state index is -0.523. The van der Waals surface area contributed by atoms with Gasteiger partial charge in [0.2, 0.25) is 0 Å². The van der Waals surface area contributed by atoms with Gasteiger partial charge in [-0.3, -0.25) is 0 Å². The zero-order valence-electron chi connectivity index (χ0n) is 12.5. The number of hydrogen-bond donors (Lipinski definition) is 2. The fraction of sp³-hybridized carbons (Fsp3) is 0.800. The molecule has 2 N–H and O–H groups in total. The Morgan fingerprint density at radius 2 is 2.26 bits per heavy atom. The summed E-state index contributed by atoms with van der Waals surface area (Å²) in [5.41, 5.74) is 0.611. The van der Waals surface area contributed by atoms with Crippen LogP contribution in [-0.2, 0) is 0 Å². The van der Waals surface area contributed by atoms with E-state index in [0.717, 1.165) is 30.0 Å². The van der Waals surface area contributed by atoms with Crippen LogP contribution in [0.3, 0.4) is 0 Å². The molecule has 3 unspecified atom stereocenters. The van der Waals surface area contributed by atoms with Crippen molar-refractivity contribution in [3.8, 4) is 0 Å². The Hall–Kier alpha value is -0.450. The lowest BCUT2D eigenvalue weighted by atomic mass is 9.79. The van der Waals surface area contributed by atoms with Gasteiger partial charge in [-0.05, 0) is 39.5 Å². The lowest BCUT2D eigenvalue weighted by Crippen LogP contribution is -2.44. The Labute approximate surface area is 120 Å². The quantitative estimate of drug-likeness (QED) is 0.890. The molecule has 2 rings (SSSR count). The first kappa shape index (κ1) is 14.9. The van der Waals surface area contributed by atoms with Crippen LogP contribution >= 0.6 is 11.3 Å². The number of hydrogen-bond acceptors (Lipinski definition) is 4. The van der Waals surface area contributed by atoms with Gasteiger partial charge in [0.15, 0.2) is 0 Å². The number of aromatic nitrogens is 1. The monoisotopic (exact) mass is 282 g/mol. The number of aryl methyl sites for hydroxylation is 2. The normalized spacial score (nSPS) is 29.4. The summed E-state index contributed by atoms with van der Waals surface area (Å²) in [6.45, 7) is 9.22. The van der Waals surface area contributed by atoms with Gasteiger partial charge in [-0.25, -0.2) is 4.98 Å². The van der Waals surface area contributed by atoms with Gasteiger partial charge in [-0.1, -0.05) is 19.8 Å². The van der Waals surface area contributed by atoms with Crippen LogP contribution in [0.5, 0.6) is 0 Å². The Balaban J connectivity index is 1.93. The summed E-state index contributed by atoms with van der Waals surface area (Å²) in [6.07, 6.45) is 4.23. The summed E-state index contributed by atoms with van der Waals surface area (Å²) in [5.74, 6) is 0.638. The first-order chi connectivity index (χ1) is 8.89. The maximum atomic E-state index is 10.6. The summed E-state index contributed by atoms with van der Waals surface area (Å²) in [6, 6.07) is 0.214. The van der Waals surface area contributed by atoms with Crippen molar-refractivity contribution < 1.29 is 5.11 Å². The highest BCUT2D eigenvalue weighted by Crippen LogP contribution is 2.32. The van der Waals surface area contributed by atoms with E-state index in [2.05, 4.69) is 31.1 Å². The van der Waals surface area contributed by atoms with Crippen LogP contribution in [0.15, 0.2) is 0 Å². The molecule has 4 heteroatoms. The minimum Gasteiger partial charge on any atom is -0.389 e. The lowest BCUT2D eigenvalue weighted by Gasteiger charge is -2.36. The highest BCUT2D eigenvalue weighted by atomic mass is 32.1. The highest BCUT2D eigenvalue weighted by molar-refractivity contribution is 7.11. The van der Waals surface area contributed by atoms with Gasteiger partial charge in [0, 0.05) is 17.5 Å². The molecular weight excluding hydrogens is 256 g/mol. The number of nitrogens with one attached hydrogen (secondary N) is 1. The first-order valence-electron chi connectivity index (χ1n) is 7.29. The van der Waals surface area contributed by atoms with Gasteiger partial charge < -0.3 is 10.4 Å². The number of aliphatic hydroxyl groups is 1. The Morgan fingerprint density at radius 3 is 2.84 bits per heavy atom. The third kappa shape index (κ3) is 3.77. The van der Waals surface area contributed by atoms with E-state index in [4.69, 9.17) is 0 Å². The van der Waals surface area contributed by atoms with E-state index in [0.29, 0.717) is 12.5 Å². The van der Waals surface area contributed by atoms with Gasteiger partial charge in [0.1, 0.15) is 0 Å². The molecule has 3 atom stereocenters. The van der Waals surface area contributed by atoms with Crippen LogP contribution in [0.2, 0.25) is 0 Å². The third-order valence-electron chi connectivity index (χ3n) is 4.15. The number of rotatable bonds is 4. The topological polar surface area (TPSA) is 45.2 Å². The maximum absolute atomic E-state index is 10.6. The zero-order valence-corrected chi connectivity index (χ0v) is 13.3. The summed E-state index contributed by atoms with van der Waals surface area (Å²) >= 11 is 1.74. The van der Waals surface area contributed by atoms with Crippen molar-refractivity contribution in [2.45, 2.75) is 65.0 Å². The van der Waals surface area contributed by atoms with E-state index in [1.165, 1.54) is 11.3 Å². The van der Waals surface area contributed by atoms with Crippen LogP contribution in [-0.4, -0.2) is 22.2 Å². The minimum absolute atomic E-state index is 0.214. The predicted molar refractivity (Wildman–Crippen MR) is 80.6 cm³/mol. The standard InChI is InChI=1S/C15H26N2OS/c1-10-6-5-7-15(18,8-10)9-16-11(2)14-12(3)19-13(4)17-14/h10-11,16,18H,5-9H2,1-4H3. The summed E-state index contributed by atoms with van der Waals surface area (Å²) < 4.78 is 0. The second-order valence-corrected chi connectivity index (χ2v) is 7.61. The molecule has 1 aliphatic rings. The zero-order chi connectivity index (χ0) is 14.0. The molecule has 3 nitrogen and oxygen atoms in total. The smallest absolute Gasteiger partial charge is 0.0900 e. The van der Waals surface area contributed by atoms with E-state index in [9.17, 15) is 5.11 Å². The van der Waals surface area contributed by atoms with Crippen LogP contribution < -0.4 is 5.32 Å². The van der Waals surface area contributed by atoms with Crippen molar-refractivity contribution in [3.05, 3.63) is 15.6 Å². The van der Waals surface area contributed by atoms with Crippen molar-refractivity contribution in [2.75, 3.05) is 6.54 Å². The van der Waals surface area contributed by atoms with Crippen molar-refractivity contribution >= 4 is 11.3 Å². The second-order valence-electron chi connectivity index (χ2n) is 6.20. The van der Waals surface area contributed by atoms with Crippen molar-refractivity contribution in [1.82, 2.24) is 10.3 Å². The van der Waals surface area contributed by atoms with E-state index < -0.39 is 5.60 Å². The second kappa shape index (κ2) is 5.90. The molecule has 0 amide bonds. The molecule has 0 bridgehead atoms. The highest BCUT2D eigenvalue weighted by Gasteiger charge is 2.32. The van der Waals surface area contributed by atoms with Crippen molar-refractivity contribution in [3.63, 3.8) is 0 Å². The molecule has 1 heterocycles. The number of thiazole rings is 1. The maximum Gasteiger partial charge on any atom is 0.0900 e. The van der Waals surface area contributed by atoms with Gasteiger partial charge >= 0.3 is 0 Å². The van der Waals surface area contributed by atoms with Crippen LogP contribution in [0, 0.1) is 19.8 Å². The summed E-state index contributed by atoms with van der Waals surface area (Å²) in [4.78, 5) is 5.87. The average Bonchev–Trinajstić information content (AvgIpc) is 2.65. The molecular formula is C15H26N2OS. The van der Waals surface area contributed by atoms with E-state index >= 15 is 0 Å². The molecule has 0 aromatic carbocycles. The lowest BCUT2D eigenvalue weighted by molar-refractivity contribution is -0.0135. The molecule has 0 saturated heterocycles. The average molecular weight is 282 g/mol. The van der Waals surface area contributed by atoms with Gasteiger partial charge in [-0.15, -0.1) is 11.3 Å². The molecule has 1 aliphatic carbocycles. The molecule has 108 valence electrons. The largest absolute Gasteiger partial charge is 0.389 e. The summed E-state index contributed by atoms with van der Waals surface area (Å²) in [5, 5.41) is 15.2. The molecule has 1 aromatic rings. The molecule has 1 fully saturated rings. The number of nitrogens with zero attached hydrogens (tertiary/aromatic N) is 1. The Morgan fingerprint density at radius 1 is 1.53 bits per heavy atom. The van der Waals surface area contributed by atoms with Gasteiger partial charge in [0.05, 0.1) is 16.3 Å². The van der Waals surface area contributed by atoms with Crippen LogP contribution in [0.1, 0.15) is 61.2 Å². The van der Waals surface area contributed by atoms with Gasteiger partial charge in [-0.2, -0.15) is 0 Å². The molecule has 0 aliphatic heterocycles. The molecule has 19 heavy (non-hydrogen) atoms. The first-order valence-corrected chi connectivity index (χ1v) is 8.11. The third-order valence-corrected chi connectivity index (χ3v) is 5.06. The summed E-state index contributed by atoms with van der Waals surface area (Å²) in [7, 11) is 0. The van der Waals surface area contributed by atoms with Crippen LogP contribution in [0.4, 0.5) is 0 Å². The van der Waals surface area contributed by atoms with Gasteiger partial charge in [0.25, 0.3) is 0 Å². The molecule has 1 aromatic heterocycles. The molecule has 0 spiro atoms. The van der Waals surface area contributed by atoms with E-state index in [1.807, 2.05) is 6.92 Å². The van der Waals surface area contributed by atoms with Crippen molar-refractivity contribution in [2.24, 2.45) is 5.92 Å². The molecule has 0 radical (unpaired) electrons. The fourth-order valence-corrected chi connectivity index (χ4v) is 4.09. The SMILES string of the molecule is Cc1nc(C(C)NCC2(O)CCCC(C)C2)c(C)s1. The van der Waals surface area contributed by atoms with E-state index in [-0.39, 0.29) is 6.04 Å². The predicted octanol–water partition coefficient (Wildman–Crippen LogP) is 3.35. The van der Waals surface area contributed by atoms with E-state index in [1.54, 1.807) is 11.3 Å². The van der Waals surface area contributed by atoms with Crippen molar-refractivity contribution in [1.29, 1.82) is 0 Å². The van der Waals surface area contributed by atoms with Crippen LogP contribution in [0.25, 0.3) is 0 Å². The Kier molecular flexibility index (Phi) is 4.64. The fourth-order valence-electron chi connectivity index (χ4n) is 3.18.